The second-order valence-corrected chi connectivity index (χ2v) is 4.71. The van der Waals surface area contributed by atoms with Gasteiger partial charge in [-0.1, -0.05) is 24.3 Å². The summed E-state index contributed by atoms with van der Waals surface area (Å²) in [6.45, 7) is 1.63. The highest BCUT2D eigenvalue weighted by atomic mass is 16.5. The zero-order valence-corrected chi connectivity index (χ0v) is 12.9. The molecule has 0 radical (unpaired) electrons. The Hall–Kier alpha value is -3.02. The molecule has 0 heterocycles. The number of carbonyl (C=O) groups excluding carboxylic acids is 1. The van der Waals surface area contributed by atoms with Gasteiger partial charge in [-0.25, -0.2) is 5.43 Å². The molecule has 6 nitrogen and oxygen atoms in total. The molecule has 0 unspecified atom stereocenters. The number of rotatable bonds is 6. The fourth-order valence-electron chi connectivity index (χ4n) is 1.82. The number of aromatic hydroxyl groups is 1. The van der Waals surface area contributed by atoms with Crippen molar-refractivity contribution in [2.75, 3.05) is 7.11 Å². The van der Waals surface area contributed by atoms with E-state index in [-0.39, 0.29) is 5.75 Å². The van der Waals surface area contributed by atoms with E-state index in [0.29, 0.717) is 17.1 Å². The van der Waals surface area contributed by atoms with E-state index >= 15 is 0 Å². The number of hydrazone groups is 1. The number of phenolic OH excluding ortho intramolecular Hbond substituents is 1. The average Bonchev–Trinajstić information content (AvgIpc) is 2.57. The quantitative estimate of drug-likeness (QED) is 0.633. The van der Waals surface area contributed by atoms with E-state index in [0.717, 1.165) is 0 Å². The van der Waals surface area contributed by atoms with E-state index in [2.05, 4.69) is 10.5 Å². The van der Waals surface area contributed by atoms with Crippen LogP contribution in [0.2, 0.25) is 0 Å². The topological polar surface area (TPSA) is 80.2 Å². The first kappa shape index (κ1) is 16.4. The molecule has 0 aliphatic heterocycles. The predicted octanol–water partition coefficient (Wildman–Crippen LogP) is 2.32. The van der Waals surface area contributed by atoms with Gasteiger partial charge in [0, 0.05) is 5.56 Å². The number of hydrogen-bond donors (Lipinski definition) is 2. The van der Waals surface area contributed by atoms with Gasteiger partial charge in [-0.15, -0.1) is 0 Å². The summed E-state index contributed by atoms with van der Waals surface area (Å²) in [5.41, 5.74) is 2.80. The van der Waals surface area contributed by atoms with Crippen LogP contribution in [0.15, 0.2) is 53.6 Å². The van der Waals surface area contributed by atoms with Crippen molar-refractivity contribution in [3.63, 3.8) is 0 Å². The van der Waals surface area contributed by atoms with Crippen molar-refractivity contribution in [1.29, 1.82) is 0 Å². The third-order valence-corrected chi connectivity index (χ3v) is 3.05. The van der Waals surface area contributed by atoms with Gasteiger partial charge in [0.1, 0.15) is 5.75 Å². The maximum Gasteiger partial charge on any atom is 0.280 e. The maximum atomic E-state index is 11.9. The number of benzene rings is 2. The average molecular weight is 314 g/mol. The summed E-state index contributed by atoms with van der Waals surface area (Å²) in [6, 6.07) is 14.0. The molecule has 2 aromatic carbocycles. The molecule has 0 saturated carbocycles. The van der Waals surface area contributed by atoms with Crippen molar-refractivity contribution in [3.05, 3.63) is 54.1 Å². The highest BCUT2D eigenvalue weighted by molar-refractivity contribution is 5.87. The van der Waals surface area contributed by atoms with Crippen molar-refractivity contribution < 1.29 is 19.4 Å². The minimum absolute atomic E-state index is 0.0402. The molecule has 0 fully saturated rings. The lowest BCUT2D eigenvalue weighted by atomic mass is 10.2. The summed E-state index contributed by atoms with van der Waals surface area (Å²) in [5.74, 6) is 0.500. The number of methoxy groups -OCH3 is 1. The number of phenols is 1. The Kier molecular flexibility index (Phi) is 5.57. The number of carbonyl (C=O) groups is 1. The van der Waals surface area contributed by atoms with Crippen LogP contribution in [0.4, 0.5) is 0 Å². The lowest BCUT2D eigenvalue weighted by Gasteiger charge is -2.12. The van der Waals surface area contributed by atoms with Crippen LogP contribution in [-0.2, 0) is 4.79 Å². The van der Waals surface area contributed by atoms with E-state index in [1.165, 1.54) is 13.3 Å². The fraction of sp³-hybridized carbons (Fsp3) is 0.176. The molecule has 23 heavy (non-hydrogen) atoms. The van der Waals surface area contributed by atoms with Crippen molar-refractivity contribution in [1.82, 2.24) is 5.43 Å². The van der Waals surface area contributed by atoms with Crippen molar-refractivity contribution in [2.45, 2.75) is 13.0 Å². The van der Waals surface area contributed by atoms with E-state index in [1.54, 1.807) is 37.3 Å². The Bertz CT molecular complexity index is 686. The van der Waals surface area contributed by atoms with Gasteiger partial charge in [0.05, 0.1) is 13.3 Å². The third-order valence-electron chi connectivity index (χ3n) is 3.05. The normalized spacial score (nSPS) is 11.9. The lowest BCUT2D eigenvalue weighted by Crippen LogP contribution is -2.33. The lowest BCUT2D eigenvalue weighted by molar-refractivity contribution is -0.127. The maximum absolute atomic E-state index is 11.9. The molecule has 0 saturated heterocycles. The van der Waals surface area contributed by atoms with Gasteiger partial charge in [-0.3, -0.25) is 4.79 Å². The molecule has 0 aliphatic carbocycles. The summed E-state index contributed by atoms with van der Waals surface area (Å²) in [7, 11) is 1.46. The second-order valence-electron chi connectivity index (χ2n) is 4.71. The Morgan fingerprint density at radius 1 is 1.22 bits per heavy atom. The van der Waals surface area contributed by atoms with Crippen LogP contribution in [0.25, 0.3) is 0 Å². The van der Waals surface area contributed by atoms with Gasteiger partial charge in [-0.05, 0) is 31.2 Å². The van der Waals surface area contributed by atoms with Crippen LogP contribution in [0.5, 0.6) is 17.2 Å². The standard InChI is InChI=1S/C17H18N2O4/c1-12(23-14-8-4-3-5-9-14)17(21)19-18-11-13-7-6-10-15(22-2)16(13)20/h3-12,20H,1-2H3,(H,19,21)/t12-/m1/s1. The highest BCUT2D eigenvalue weighted by Gasteiger charge is 2.13. The van der Waals surface area contributed by atoms with E-state index in [4.69, 9.17) is 9.47 Å². The van der Waals surface area contributed by atoms with Crippen molar-refractivity contribution >= 4 is 12.1 Å². The van der Waals surface area contributed by atoms with Gasteiger partial charge in [0.15, 0.2) is 17.6 Å². The zero-order valence-electron chi connectivity index (χ0n) is 12.9. The van der Waals surface area contributed by atoms with E-state index in [9.17, 15) is 9.90 Å². The van der Waals surface area contributed by atoms with Gasteiger partial charge in [0.2, 0.25) is 0 Å². The summed E-state index contributed by atoms with van der Waals surface area (Å²) >= 11 is 0. The molecule has 0 spiro atoms. The molecule has 1 atom stereocenters. The van der Waals surface area contributed by atoms with E-state index in [1.807, 2.05) is 18.2 Å². The Morgan fingerprint density at radius 3 is 2.65 bits per heavy atom. The molecule has 0 bridgehead atoms. The van der Waals surface area contributed by atoms with Crippen LogP contribution in [0, 0.1) is 0 Å². The number of ether oxygens (including phenoxy) is 2. The van der Waals surface area contributed by atoms with Crippen LogP contribution < -0.4 is 14.9 Å². The molecule has 2 rings (SSSR count). The molecular formula is C17H18N2O4. The molecule has 120 valence electrons. The summed E-state index contributed by atoms with van der Waals surface area (Å²) in [6.07, 6.45) is 0.638. The molecular weight excluding hydrogens is 296 g/mol. The zero-order chi connectivity index (χ0) is 16.7. The van der Waals surface area contributed by atoms with Crippen molar-refractivity contribution in [2.24, 2.45) is 5.10 Å². The molecule has 0 aliphatic rings. The first-order valence-corrected chi connectivity index (χ1v) is 7.02. The summed E-state index contributed by atoms with van der Waals surface area (Å²) < 4.78 is 10.5. The minimum atomic E-state index is -0.701. The van der Waals surface area contributed by atoms with Crippen LogP contribution in [0.1, 0.15) is 12.5 Å². The van der Waals surface area contributed by atoms with Gasteiger partial charge >= 0.3 is 0 Å². The SMILES string of the molecule is COc1cccc(C=NNC(=O)[C@@H](C)Oc2ccccc2)c1O. The molecule has 6 heteroatoms. The third kappa shape index (κ3) is 4.47. The number of amides is 1. The number of nitrogens with zero attached hydrogens (tertiary/aromatic N) is 1. The molecule has 1 amide bonds. The number of para-hydroxylation sites is 2. The molecule has 0 aromatic heterocycles. The highest BCUT2D eigenvalue weighted by Crippen LogP contribution is 2.27. The Labute approximate surface area is 134 Å². The molecule has 2 N–H and O–H groups in total. The first-order chi connectivity index (χ1) is 11.1. The van der Waals surface area contributed by atoms with Crippen LogP contribution in [0.3, 0.4) is 0 Å². The van der Waals surface area contributed by atoms with E-state index < -0.39 is 12.0 Å². The Morgan fingerprint density at radius 2 is 1.96 bits per heavy atom. The van der Waals surface area contributed by atoms with Crippen LogP contribution in [-0.4, -0.2) is 30.4 Å². The number of nitrogens with one attached hydrogen (secondary N) is 1. The van der Waals surface area contributed by atoms with Gasteiger partial charge in [-0.2, -0.15) is 5.10 Å². The first-order valence-electron chi connectivity index (χ1n) is 7.02. The molecule has 2 aromatic rings. The number of hydrogen-bond acceptors (Lipinski definition) is 5. The summed E-state index contributed by atoms with van der Waals surface area (Å²) in [5, 5.41) is 13.7. The van der Waals surface area contributed by atoms with Gasteiger partial charge in [0.25, 0.3) is 5.91 Å². The van der Waals surface area contributed by atoms with Crippen LogP contribution >= 0.6 is 0 Å². The minimum Gasteiger partial charge on any atom is -0.504 e. The van der Waals surface area contributed by atoms with Crippen molar-refractivity contribution in [3.8, 4) is 17.2 Å². The van der Waals surface area contributed by atoms with Gasteiger partial charge < -0.3 is 14.6 Å². The Balaban J connectivity index is 1.93. The monoisotopic (exact) mass is 314 g/mol. The smallest absolute Gasteiger partial charge is 0.280 e. The fourth-order valence-corrected chi connectivity index (χ4v) is 1.82. The second kappa shape index (κ2) is 7.84. The summed E-state index contributed by atoms with van der Waals surface area (Å²) in [4.78, 5) is 11.9. The largest absolute Gasteiger partial charge is 0.504 e. The predicted molar refractivity (Wildman–Crippen MR) is 86.9 cm³/mol.